The van der Waals surface area contributed by atoms with Gasteiger partial charge in [0, 0.05) is 19.9 Å². The van der Waals surface area contributed by atoms with Gasteiger partial charge in [0.05, 0.1) is 24.2 Å². The fourth-order valence-electron chi connectivity index (χ4n) is 4.81. The van der Waals surface area contributed by atoms with Crippen LogP contribution in [0.25, 0.3) is 33.5 Å². The summed E-state index contributed by atoms with van der Waals surface area (Å²) < 4.78 is 31.2. The first-order valence-corrected chi connectivity index (χ1v) is 15.2. The van der Waals surface area contributed by atoms with Crippen LogP contribution in [-0.4, -0.2) is 29.8 Å². The molecule has 44 heavy (non-hydrogen) atoms. The Balaban J connectivity index is 1.27. The van der Waals surface area contributed by atoms with Gasteiger partial charge in [0.2, 0.25) is 12.6 Å². The number of halogens is 3. The normalized spacial score (nSPS) is 12.5. The van der Waals surface area contributed by atoms with Crippen molar-refractivity contribution >= 4 is 71.5 Å². The number of furan rings is 1. The summed E-state index contributed by atoms with van der Waals surface area (Å²) in [5, 5.41) is 6.10. The second-order valence-corrected chi connectivity index (χ2v) is 11.8. The number of fused-ring (bicyclic) bond motifs is 3. The Morgan fingerprint density at radius 2 is 1.89 bits per heavy atom. The Kier molecular flexibility index (Phi) is 7.53. The maximum absolute atomic E-state index is 13.7. The van der Waals surface area contributed by atoms with Crippen LogP contribution in [0.4, 0.5) is 0 Å². The third-order valence-corrected chi connectivity index (χ3v) is 8.90. The fraction of sp³-hybridized carbons (Fsp3) is 0.0938. The third kappa shape index (κ3) is 5.21. The zero-order valence-electron chi connectivity index (χ0n) is 22.8. The van der Waals surface area contributed by atoms with Crippen molar-refractivity contribution in [2.45, 2.75) is 6.61 Å². The van der Waals surface area contributed by atoms with E-state index >= 15 is 0 Å². The van der Waals surface area contributed by atoms with Crippen molar-refractivity contribution in [2.75, 3.05) is 13.9 Å². The molecule has 0 amide bonds. The summed E-state index contributed by atoms with van der Waals surface area (Å²) in [5.74, 6) is 2.70. The van der Waals surface area contributed by atoms with Crippen molar-refractivity contribution in [3.63, 3.8) is 0 Å². The van der Waals surface area contributed by atoms with Gasteiger partial charge >= 0.3 is 0 Å². The molecule has 0 fully saturated rings. The van der Waals surface area contributed by atoms with Crippen molar-refractivity contribution < 1.29 is 23.4 Å². The highest BCUT2D eigenvalue weighted by Crippen LogP contribution is 2.43. The first kappa shape index (κ1) is 28.5. The number of benzene rings is 4. The quantitative estimate of drug-likeness (QED) is 0.153. The van der Waals surface area contributed by atoms with Crippen LogP contribution < -0.4 is 24.5 Å². The molecule has 0 saturated heterocycles. The zero-order chi connectivity index (χ0) is 30.4. The van der Waals surface area contributed by atoms with Crippen LogP contribution in [0.15, 0.2) is 96.1 Å². The second kappa shape index (κ2) is 11.6. The van der Waals surface area contributed by atoms with Crippen LogP contribution in [0.2, 0.25) is 5.02 Å². The van der Waals surface area contributed by atoms with E-state index < -0.39 is 0 Å². The van der Waals surface area contributed by atoms with E-state index in [0.29, 0.717) is 55.3 Å². The Bertz CT molecular complexity index is 2180. The Morgan fingerprint density at radius 3 is 2.75 bits per heavy atom. The summed E-state index contributed by atoms with van der Waals surface area (Å²) in [6.45, 7) is 0.399. The van der Waals surface area contributed by atoms with Gasteiger partial charge < -0.3 is 23.4 Å². The van der Waals surface area contributed by atoms with Crippen LogP contribution in [0, 0.1) is 0 Å². The first-order valence-electron chi connectivity index (χ1n) is 13.2. The van der Waals surface area contributed by atoms with Gasteiger partial charge in [0.25, 0.3) is 5.56 Å². The van der Waals surface area contributed by atoms with Crippen molar-refractivity contribution in [1.29, 1.82) is 0 Å². The fourth-order valence-corrected chi connectivity index (χ4v) is 5.84. The molecule has 0 atom stereocenters. The molecule has 0 saturated carbocycles. The Hall–Kier alpha value is -4.32. The highest BCUT2D eigenvalue weighted by atomic mass is 79.9. The van der Waals surface area contributed by atoms with Crippen molar-refractivity contribution in [3.05, 3.63) is 108 Å². The summed E-state index contributed by atoms with van der Waals surface area (Å²) in [6.07, 6.45) is 1.50. The van der Waals surface area contributed by atoms with E-state index in [4.69, 9.17) is 39.9 Å². The molecule has 0 aliphatic carbocycles. The zero-order valence-corrected chi connectivity index (χ0v) is 26.8. The molecular weight excluding hydrogens is 718 g/mol. The minimum atomic E-state index is -0.360. The Morgan fingerprint density at radius 1 is 1.05 bits per heavy atom. The van der Waals surface area contributed by atoms with Gasteiger partial charge in [-0.1, -0.05) is 45.7 Å². The minimum absolute atomic E-state index is 0.189. The Labute approximate surface area is 271 Å². The van der Waals surface area contributed by atoms with E-state index in [-0.39, 0.29) is 29.8 Å². The molecule has 1 aliphatic rings. The molecule has 0 N–H and O–H groups in total. The largest absolute Gasteiger partial charge is 0.493 e. The SMILES string of the molecule is COc1cc(C=Nn2c(-c3cc4cc(Br)ccc4o3)nc3ccccc3c2=O)c(Br)c(Cl)c1OCc1ccc2c(c1)OCO2. The van der Waals surface area contributed by atoms with Gasteiger partial charge in [-0.3, -0.25) is 4.79 Å². The number of para-hydroxylation sites is 1. The lowest BCUT2D eigenvalue weighted by Crippen LogP contribution is -2.20. The number of hydrogen-bond acceptors (Lipinski definition) is 8. The number of ether oxygens (including phenoxy) is 4. The predicted octanol–water partition coefficient (Wildman–Crippen LogP) is 8.19. The topological polar surface area (TPSA) is 97.3 Å². The summed E-state index contributed by atoms with van der Waals surface area (Å²) in [4.78, 5) is 18.4. The summed E-state index contributed by atoms with van der Waals surface area (Å²) in [6, 6.07) is 21.8. The molecule has 4 aromatic carbocycles. The minimum Gasteiger partial charge on any atom is -0.493 e. The summed E-state index contributed by atoms with van der Waals surface area (Å²) in [5.41, 5.74) is 2.22. The standard InChI is InChI=1S/C32H20Br2ClN3O6/c1-40-26-13-19(28(34)29(35)30(26)41-15-17-6-8-24-25(10-17)43-16-42-24)14-36-38-31(37-22-5-3-2-4-21(22)32(38)39)27-12-18-11-20(33)7-9-23(18)44-27/h2-14H,15-16H2,1H3. The highest BCUT2D eigenvalue weighted by molar-refractivity contribution is 9.10. The van der Waals surface area contributed by atoms with Gasteiger partial charge in [-0.25, -0.2) is 4.98 Å². The number of hydrogen-bond donors (Lipinski definition) is 0. The van der Waals surface area contributed by atoms with Crippen LogP contribution in [0.3, 0.4) is 0 Å². The van der Waals surface area contributed by atoms with Crippen molar-refractivity contribution in [2.24, 2.45) is 5.10 Å². The van der Waals surface area contributed by atoms with Gasteiger partial charge in [0.15, 0.2) is 28.8 Å². The number of nitrogens with zero attached hydrogens (tertiary/aromatic N) is 3. The molecule has 12 heteroatoms. The van der Waals surface area contributed by atoms with E-state index in [9.17, 15) is 4.79 Å². The van der Waals surface area contributed by atoms with E-state index in [1.54, 1.807) is 24.3 Å². The number of methoxy groups -OCH3 is 1. The molecule has 1 aliphatic heterocycles. The molecule has 6 aromatic rings. The van der Waals surface area contributed by atoms with Gasteiger partial charge in [-0.15, -0.1) is 0 Å². The molecule has 3 heterocycles. The maximum Gasteiger partial charge on any atom is 0.282 e. The lowest BCUT2D eigenvalue weighted by atomic mass is 10.2. The second-order valence-electron chi connectivity index (χ2n) is 9.71. The van der Waals surface area contributed by atoms with Crippen LogP contribution in [-0.2, 0) is 6.61 Å². The van der Waals surface area contributed by atoms with Crippen LogP contribution >= 0.6 is 43.5 Å². The monoisotopic (exact) mass is 735 g/mol. The summed E-state index contributed by atoms with van der Waals surface area (Å²) in [7, 11) is 1.52. The van der Waals surface area contributed by atoms with E-state index in [2.05, 4.69) is 37.0 Å². The first-order chi connectivity index (χ1) is 21.4. The molecule has 7 rings (SSSR count). The molecule has 220 valence electrons. The van der Waals surface area contributed by atoms with Gasteiger partial charge in [-0.2, -0.15) is 9.78 Å². The maximum atomic E-state index is 13.7. The molecule has 9 nitrogen and oxygen atoms in total. The van der Waals surface area contributed by atoms with Crippen molar-refractivity contribution in [1.82, 2.24) is 9.66 Å². The van der Waals surface area contributed by atoms with E-state index in [1.165, 1.54) is 18.0 Å². The highest BCUT2D eigenvalue weighted by Gasteiger charge is 2.20. The lowest BCUT2D eigenvalue weighted by Gasteiger charge is -2.15. The van der Waals surface area contributed by atoms with Crippen LogP contribution in [0.1, 0.15) is 11.1 Å². The third-order valence-electron chi connectivity index (χ3n) is 6.96. The molecule has 0 bridgehead atoms. The molecule has 0 radical (unpaired) electrons. The molecule has 0 spiro atoms. The average molecular weight is 738 g/mol. The van der Waals surface area contributed by atoms with E-state index in [1.807, 2.05) is 48.5 Å². The van der Waals surface area contributed by atoms with Crippen LogP contribution in [0.5, 0.6) is 23.0 Å². The lowest BCUT2D eigenvalue weighted by molar-refractivity contribution is 0.174. The van der Waals surface area contributed by atoms with E-state index in [0.717, 1.165) is 15.4 Å². The average Bonchev–Trinajstić information content (AvgIpc) is 3.68. The molecule has 2 aromatic heterocycles. The van der Waals surface area contributed by atoms with Gasteiger partial charge in [-0.05, 0) is 76.1 Å². The molecular formula is C32H20Br2ClN3O6. The predicted molar refractivity (Wildman–Crippen MR) is 175 cm³/mol. The smallest absolute Gasteiger partial charge is 0.282 e. The van der Waals surface area contributed by atoms with Gasteiger partial charge in [0.1, 0.15) is 17.2 Å². The number of aromatic nitrogens is 2. The number of rotatable bonds is 7. The van der Waals surface area contributed by atoms with Crippen molar-refractivity contribution in [3.8, 4) is 34.6 Å². The summed E-state index contributed by atoms with van der Waals surface area (Å²) >= 11 is 13.8. The molecule has 0 unspecified atom stereocenters.